The molecule has 1 N–H and O–H groups in total. The van der Waals surface area contributed by atoms with E-state index in [9.17, 15) is 26.4 Å². The van der Waals surface area contributed by atoms with Crippen molar-refractivity contribution in [2.45, 2.75) is 18.2 Å². The van der Waals surface area contributed by atoms with Crippen molar-refractivity contribution in [1.29, 1.82) is 0 Å². The molecule has 0 radical (unpaired) electrons. The molecule has 0 saturated heterocycles. The Morgan fingerprint density at radius 2 is 1.72 bits per heavy atom. The van der Waals surface area contributed by atoms with Crippen molar-refractivity contribution in [3.8, 4) is 0 Å². The third-order valence-electron chi connectivity index (χ3n) is 3.81. The molecule has 1 aliphatic rings. The van der Waals surface area contributed by atoms with Gasteiger partial charge in [0.2, 0.25) is 0 Å². The largest absolute Gasteiger partial charge is 0.478 e. The lowest BCUT2D eigenvalue weighted by molar-refractivity contribution is -0.132. The van der Waals surface area contributed by atoms with Crippen molar-refractivity contribution in [3.63, 3.8) is 0 Å². The number of halogens is 3. The van der Waals surface area contributed by atoms with Crippen LogP contribution in [0.4, 0.5) is 13.2 Å². The Morgan fingerprint density at radius 3 is 2.20 bits per heavy atom. The Kier molecular flexibility index (Phi) is 5.22. The fourth-order valence-electron chi connectivity index (χ4n) is 2.52. The lowest BCUT2D eigenvalue weighted by Gasteiger charge is -2.19. The molecule has 134 valence electrons. The molecule has 8 heteroatoms. The van der Waals surface area contributed by atoms with Crippen LogP contribution in [-0.2, 0) is 14.6 Å². The summed E-state index contributed by atoms with van der Waals surface area (Å²) in [6, 6.07) is 1.28. The van der Waals surface area contributed by atoms with Gasteiger partial charge in [-0.05, 0) is 36.6 Å². The first-order chi connectivity index (χ1) is 11.5. The van der Waals surface area contributed by atoms with Gasteiger partial charge in [0.1, 0.15) is 17.5 Å². The predicted molar refractivity (Wildman–Crippen MR) is 86.1 cm³/mol. The highest BCUT2D eigenvalue weighted by Crippen LogP contribution is 2.36. The smallest absolute Gasteiger partial charge is 0.335 e. The van der Waals surface area contributed by atoms with Crippen LogP contribution in [-0.4, -0.2) is 25.7 Å². The number of allylic oxidation sites excluding steroid dienone is 4. The number of sulfone groups is 1. The van der Waals surface area contributed by atoms with E-state index in [2.05, 4.69) is 0 Å². The highest BCUT2D eigenvalue weighted by molar-refractivity contribution is 7.90. The minimum absolute atomic E-state index is 0.0431. The number of carboxylic acid groups (broad SMARTS) is 1. The topological polar surface area (TPSA) is 71.4 Å². The maximum Gasteiger partial charge on any atom is 0.335 e. The number of aliphatic carboxylic acids is 1. The molecule has 4 nitrogen and oxygen atoms in total. The highest BCUT2D eigenvalue weighted by Gasteiger charge is 2.25. The molecule has 0 spiro atoms. The van der Waals surface area contributed by atoms with Gasteiger partial charge in [0.05, 0.1) is 16.0 Å². The Hall–Kier alpha value is -2.35. The lowest BCUT2D eigenvalue weighted by atomic mass is 9.88. The standard InChI is InChI=1S/C17H15F3O4S/c1-9-3-4-10(17(21)22)5-6-12(18)15(9)16-13(19)7-11(8-14(16)20)25(2,23)24/h4-9H,3H2,1-2H3,(H,21,22)/b6-5-,10-4-,15-12-. The summed E-state index contributed by atoms with van der Waals surface area (Å²) in [4.78, 5) is 10.4. The molecule has 0 amide bonds. The average Bonchev–Trinajstić information content (AvgIpc) is 2.47. The molecule has 1 aromatic rings. The molecule has 0 heterocycles. The zero-order valence-corrected chi connectivity index (χ0v) is 14.2. The van der Waals surface area contributed by atoms with Crippen LogP contribution in [0, 0.1) is 17.6 Å². The summed E-state index contributed by atoms with van der Waals surface area (Å²) in [5, 5.41) is 8.97. The monoisotopic (exact) mass is 372 g/mol. The van der Waals surface area contributed by atoms with E-state index in [1.807, 2.05) is 0 Å². The van der Waals surface area contributed by atoms with Gasteiger partial charge in [-0.1, -0.05) is 13.0 Å². The van der Waals surface area contributed by atoms with Crippen molar-refractivity contribution in [3.05, 3.63) is 59.0 Å². The zero-order valence-electron chi connectivity index (χ0n) is 13.4. The van der Waals surface area contributed by atoms with Crippen LogP contribution in [0.15, 0.2) is 46.7 Å². The van der Waals surface area contributed by atoms with E-state index in [-0.39, 0.29) is 17.6 Å². The summed E-state index contributed by atoms with van der Waals surface area (Å²) >= 11 is 0. The van der Waals surface area contributed by atoms with Gasteiger partial charge in [0.15, 0.2) is 9.84 Å². The molecule has 1 atom stereocenters. The van der Waals surface area contributed by atoms with Gasteiger partial charge in [0, 0.05) is 11.8 Å². The number of hydrogen-bond acceptors (Lipinski definition) is 3. The molecular weight excluding hydrogens is 357 g/mol. The van der Waals surface area contributed by atoms with E-state index in [0.29, 0.717) is 12.1 Å². The number of benzene rings is 1. The summed E-state index contributed by atoms with van der Waals surface area (Å²) in [6.45, 7) is 1.49. The zero-order chi connectivity index (χ0) is 18.9. The van der Waals surface area contributed by atoms with E-state index in [0.717, 1.165) is 18.4 Å². The van der Waals surface area contributed by atoms with Gasteiger partial charge in [-0.2, -0.15) is 0 Å². The quantitative estimate of drug-likeness (QED) is 0.879. The van der Waals surface area contributed by atoms with Crippen molar-refractivity contribution < 1.29 is 31.5 Å². The van der Waals surface area contributed by atoms with Crippen LogP contribution >= 0.6 is 0 Å². The summed E-state index contributed by atoms with van der Waals surface area (Å²) in [6.07, 6.45) is 4.01. The predicted octanol–water partition coefficient (Wildman–Crippen LogP) is 3.66. The van der Waals surface area contributed by atoms with Crippen molar-refractivity contribution in [1.82, 2.24) is 0 Å². The number of carbonyl (C=O) groups is 1. The van der Waals surface area contributed by atoms with Crippen LogP contribution in [0.1, 0.15) is 18.9 Å². The van der Waals surface area contributed by atoms with Crippen molar-refractivity contribution >= 4 is 21.4 Å². The fourth-order valence-corrected chi connectivity index (χ4v) is 3.16. The molecule has 0 bridgehead atoms. The van der Waals surface area contributed by atoms with Gasteiger partial charge in [-0.3, -0.25) is 0 Å². The van der Waals surface area contributed by atoms with Gasteiger partial charge in [-0.25, -0.2) is 26.4 Å². The maximum absolute atomic E-state index is 14.5. The molecule has 2 rings (SSSR count). The number of rotatable bonds is 3. The first kappa shape index (κ1) is 19.0. The second-order valence-electron chi connectivity index (χ2n) is 5.73. The van der Waals surface area contributed by atoms with Gasteiger partial charge < -0.3 is 5.11 Å². The van der Waals surface area contributed by atoms with Crippen LogP contribution < -0.4 is 0 Å². The third-order valence-corrected chi connectivity index (χ3v) is 4.90. The maximum atomic E-state index is 14.5. The minimum atomic E-state index is -3.83. The molecule has 0 aromatic heterocycles. The van der Waals surface area contributed by atoms with E-state index >= 15 is 0 Å². The highest BCUT2D eigenvalue weighted by atomic mass is 32.2. The molecular formula is C17H15F3O4S. The second-order valence-corrected chi connectivity index (χ2v) is 7.75. The summed E-state index contributed by atoms with van der Waals surface area (Å²) in [7, 11) is -3.83. The Balaban J connectivity index is 2.65. The first-order valence-electron chi connectivity index (χ1n) is 7.23. The Morgan fingerprint density at radius 1 is 1.16 bits per heavy atom. The average molecular weight is 372 g/mol. The van der Waals surface area contributed by atoms with Gasteiger partial charge in [0.25, 0.3) is 0 Å². The molecule has 1 unspecified atom stereocenters. The summed E-state index contributed by atoms with van der Waals surface area (Å²) in [5.41, 5.74) is -1.07. The summed E-state index contributed by atoms with van der Waals surface area (Å²) < 4.78 is 66.1. The molecule has 0 aliphatic heterocycles. The van der Waals surface area contributed by atoms with Crippen LogP contribution in [0.3, 0.4) is 0 Å². The van der Waals surface area contributed by atoms with E-state index in [4.69, 9.17) is 5.11 Å². The Labute approximate surface area is 142 Å². The molecule has 25 heavy (non-hydrogen) atoms. The Bertz CT molecular complexity index is 904. The molecule has 1 aliphatic carbocycles. The lowest BCUT2D eigenvalue weighted by Crippen LogP contribution is -2.09. The van der Waals surface area contributed by atoms with Crippen LogP contribution in [0.2, 0.25) is 0 Å². The first-order valence-corrected chi connectivity index (χ1v) is 9.12. The fraction of sp³-hybridized carbons (Fsp3) is 0.235. The second kappa shape index (κ2) is 6.87. The SMILES string of the molecule is CC1C/C=C(C(=O)O)/C=C\C(F)=C/1c1c(F)cc(S(C)(=O)=O)cc1F. The van der Waals surface area contributed by atoms with Gasteiger partial charge >= 0.3 is 5.97 Å². The normalized spacial score (nSPS) is 24.8. The summed E-state index contributed by atoms with van der Waals surface area (Å²) in [5.74, 6) is -5.35. The van der Waals surface area contributed by atoms with E-state index in [1.165, 1.54) is 13.0 Å². The number of carboxylic acids is 1. The van der Waals surface area contributed by atoms with Crippen molar-refractivity contribution in [2.75, 3.05) is 6.26 Å². The number of hydrogen-bond donors (Lipinski definition) is 1. The third kappa shape index (κ3) is 4.01. The molecule has 1 aromatic carbocycles. The minimum Gasteiger partial charge on any atom is -0.478 e. The van der Waals surface area contributed by atoms with Gasteiger partial charge in [-0.15, -0.1) is 0 Å². The van der Waals surface area contributed by atoms with Crippen LogP contribution in [0.5, 0.6) is 0 Å². The van der Waals surface area contributed by atoms with Crippen LogP contribution in [0.25, 0.3) is 5.57 Å². The van der Waals surface area contributed by atoms with Crippen molar-refractivity contribution in [2.24, 2.45) is 5.92 Å². The van der Waals surface area contributed by atoms with E-state index in [1.54, 1.807) is 0 Å². The molecule has 0 fully saturated rings. The molecule has 0 saturated carbocycles. The van der Waals surface area contributed by atoms with E-state index < -0.39 is 49.6 Å².